The molecular weight excluding hydrogens is 427 g/mol. The zero-order valence-corrected chi connectivity index (χ0v) is 17.8. The molecule has 1 amide bonds. The number of anilines is 1. The summed E-state index contributed by atoms with van der Waals surface area (Å²) < 4.78 is 40.6. The molecule has 0 unspecified atom stereocenters. The van der Waals surface area contributed by atoms with E-state index in [1.54, 1.807) is 48.5 Å². The molecule has 30 heavy (non-hydrogen) atoms. The standard InChI is InChI=1S/C22H20ClFN2O3S/c1-16-6-12-19(13-7-16)30(28,29)26(21-5-3-2-4-20(21)23)15-22(27)25-14-17-8-10-18(24)11-9-17/h2-13H,14-15H2,1H3,(H,25,27). The van der Waals surface area contributed by atoms with Crippen molar-refractivity contribution < 1.29 is 17.6 Å². The first-order valence-corrected chi connectivity index (χ1v) is 10.9. The highest BCUT2D eigenvalue weighted by Crippen LogP contribution is 2.30. The zero-order valence-electron chi connectivity index (χ0n) is 16.2. The van der Waals surface area contributed by atoms with Crippen molar-refractivity contribution in [3.05, 3.63) is 94.8 Å². The van der Waals surface area contributed by atoms with Crippen molar-refractivity contribution in [1.29, 1.82) is 0 Å². The molecule has 0 heterocycles. The highest BCUT2D eigenvalue weighted by molar-refractivity contribution is 7.92. The van der Waals surface area contributed by atoms with Crippen LogP contribution in [0.25, 0.3) is 0 Å². The average Bonchev–Trinajstić information content (AvgIpc) is 2.72. The van der Waals surface area contributed by atoms with Gasteiger partial charge in [0, 0.05) is 6.54 Å². The average molecular weight is 447 g/mol. The molecule has 0 atom stereocenters. The molecule has 0 saturated carbocycles. The quantitative estimate of drug-likeness (QED) is 0.588. The first-order chi connectivity index (χ1) is 14.3. The van der Waals surface area contributed by atoms with Crippen molar-refractivity contribution in [1.82, 2.24) is 5.32 Å². The highest BCUT2D eigenvalue weighted by Gasteiger charge is 2.28. The number of carbonyl (C=O) groups is 1. The SMILES string of the molecule is Cc1ccc(S(=O)(=O)N(CC(=O)NCc2ccc(F)cc2)c2ccccc2Cl)cc1. The van der Waals surface area contributed by atoms with Crippen LogP contribution < -0.4 is 9.62 Å². The molecule has 0 saturated heterocycles. The lowest BCUT2D eigenvalue weighted by atomic mass is 10.2. The van der Waals surface area contributed by atoms with E-state index in [-0.39, 0.29) is 28.0 Å². The topological polar surface area (TPSA) is 66.5 Å². The van der Waals surface area contributed by atoms with E-state index >= 15 is 0 Å². The lowest BCUT2D eigenvalue weighted by Gasteiger charge is -2.25. The normalized spacial score (nSPS) is 11.2. The molecule has 0 aromatic heterocycles. The van der Waals surface area contributed by atoms with Crippen molar-refractivity contribution >= 4 is 33.2 Å². The van der Waals surface area contributed by atoms with Crippen LogP contribution in [-0.2, 0) is 21.4 Å². The predicted octanol–water partition coefficient (Wildman–Crippen LogP) is 4.30. The van der Waals surface area contributed by atoms with Crippen LogP contribution in [0.2, 0.25) is 5.02 Å². The number of amides is 1. The van der Waals surface area contributed by atoms with E-state index < -0.39 is 22.5 Å². The summed E-state index contributed by atoms with van der Waals surface area (Å²) in [5.74, 6) is -0.894. The van der Waals surface area contributed by atoms with E-state index in [1.165, 1.54) is 24.3 Å². The van der Waals surface area contributed by atoms with E-state index in [1.807, 2.05) is 6.92 Å². The fourth-order valence-electron chi connectivity index (χ4n) is 2.78. The molecule has 0 fully saturated rings. The van der Waals surface area contributed by atoms with Gasteiger partial charge < -0.3 is 5.32 Å². The summed E-state index contributed by atoms with van der Waals surface area (Å²) in [6.07, 6.45) is 0. The largest absolute Gasteiger partial charge is 0.350 e. The van der Waals surface area contributed by atoms with Gasteiger partial charge in [-0.25, -0.2) is 12.8 Å². The van der Waals surface area contributed by atoms with Crippen LogP contribution in [0.5, 0.6) is 0 Å². The lowest BCUT2D eigenvalue weighted by Crippen LogP contribution is -2.40. The van der Waals surface area contributed by atoms with E-state index in [2.05, 4.69) is 5.32 Å². The Morgan fingerprint density at radius 2 is 1.63 bits per heavy atom. The third-order valence-electron chi connectivity index (χ3n) is 4.42. The number of rotatable bonds is 7. The van der Waals surface area contributed by atoms with Crippen LogP contribution >= 0.6 is 11.6 Å². The molecule has 0 aliphatic rings. The zero-order chi connectivity index (χ0) is 21.7. The Morgan fingerprint density at radius 3 is 2.27 bits per heavy atom. The van der Waals surface area contributed by atoms with Gasteiger partial charge in [-0.1, -0.05) is 53.6 Å². The number of benzene rings is 3. The summed E-state index contributed by atoms with van der Waals surface area (Å²) in [7, 11) is -4.04. The maximum absolute atomic E-state index is 13.3. The van der Waals surface area contributed by atoms with Crippen LogP contribution in [-0.4, -0.2) is 20.9 Å². The van der Waals surface area contributed by atoms with Crippen LogP contribution in [0.4, 0.5) is 10.1 Å². The summed E-state index contributed by atoms with van der Waals surface area (Å²) in [6, 6.07) is 18.5. The van der Waals surface area contributed by atoms with E-state index in [4.69, 9.17) is 11.6 Å². The number of hydrogen-bond donors (Lipinski definition) is 1. The number of para-hydroxylation sites is 1. The van der Waals surface area contributed by atoms with E-state index in [0.29, 0.717) is 5.56 Å². The number of aryl methyl sites for hydroxylation is 1. The van der Waals surface area contributed by atoms with Gasteiger partial charge >= 0.3 is 0 Å². The van der Waals surface area contributed by atoms with Gasteiger partial charge in [-0.15, -0.1) is 0 Å². The van der Waals surface area contributed by atoms with Gasteiger partial charge in [0.25, 0.3) is 10.0 Å². The highest BCUT2D eigenvalue weighted by atomic mass is 35.5. The second-order valence-electron chi connectivity index (χ2n) is 6.68. The van der Waals surface area contributed by atoms with Crippen molar-refractivity contribution in [2.45, 2.75) is 18.4 Å². The van der Waals surface area contributed by atoms with Crippen LogP contribution in [0.15, 0.2) is 77.7 Å². The fourth-order valence-corrected chi connectivity index (χ4v) is 4.51. The van der Waals surface area contributed by atoms with Crippen molar-refractivity contribution in [3.8, 4) is 0 Å². The number of nitrogens with one attached hydrogen (secondary N) is 1. The summed E-state index contributed by atoms with van der Waals surface area (Å²) in [4.78, 5) is 12.6. The fraction of sp³-hybridized carbons (Fsp3) is 0.136. The molecule has 0 radical (unpaired) electrons. The molecule has 3 aromatic carbocycles. The Balaban J connectivity index is 1.86. The lowest BCUT2D eigenvalue weighted by molar-refractivity contribution is -0.119. The Labute approximate surface area is 180 Å². The molecule has 0 spiro atoms. The van der Waals surface area contributed by atoms with Crippen molar-refractivity contribution in [2.24, 2.45) is 0 Å². The second-order valence-corrected chi connectivity index (χ2v) is 8.95. The minimum Gasteiger partial charge on any atom is -0.350 e. The van der Waals surface area contributed by atoms with E-state index in [0.717, 1.165) is 9.87 Å². The van der Waals surface area contributed by atoms with Crippen molar-refractivity contribution in [2.75, 3.05) is 10.8 Å². The molecule has 8 heteroatoms. The smallest absolute Gasteiger partial charge is 0.264 e. The molecular formula is C22H20ClFN2O3S. The summed E-state index contributed by atoms with van der Waals surface area (Å²) >= 11 is 6.24. The second kappa shape index (κ2) is 9.28. The number of hydrogen-bond acceptors (Lipinski definition) is 3. The predicted molar refractivity (Wildman–Crippen MR) is 115 cm³/mol. The summed E-state index contributed by atoms with van der Waals surface area (Å²) in [5.41, 5.74) is 1.81. The molecule has 0 aliphatic carbocycles. The molecule has 3 rings (SSSR count). The van der Waals surface area contributed by atoms with E-state index in [9.17, 15) is 17.6 Å². The first kappa shape index (κ1) is 21.8. The summed E-state index contributed by atoms with van der Waals surface area (Å²) in [6.45, 7) is 1.53. The van der Waals surface area contributed by atoms with Crippen LogP contribution in [0.3, 0.4) is 0 Å². The summed E-state index contributed by atoms with van der Waals surface area (Å²) in [5, 5.41) is 2.87. The Bertz CT molecular complexity index is 1130. The first-order valence-electron chi connectivity index (χ1n) is 9.12. The van der Waals surface area contributed by atoms with Gasteiger partial charge in [0.1, 0.15) is 12.4 Å². The Kier molecular flexibility index (Phi) is 6.74. The molecule has 0 bridgehead atoms. The van der Waals surface area contributed by atoms with Gasteiger partial charge in [0.15, 0.2) is 0 Å². The van der Waals surface area contributed by atoms with Crippen molar-refractivity contribution in [3.63, 3.8) is 0 Å². The van der Waals surface area contributed by atoms with Crippen LogP contribution in [0, 0.1) is 12.7 Å². The maximum atomic E-state index is 13.3. The molecule has 5 nitrogen and oxygen atoms in total. The maximum Gasteiger partial charge on any atom is 0.264 e. The third-order valence-corrected chi connectivity index (χ3v) is 6.51. The molecule has 1 N–H and O–H groups in total. The van der Waals surface area contributed by atoms with Gasteiger partial charge in [-0.05, 0) is 48.9 Å². The third kappa shape index (κ3) is 5.17. The monoisotopic (exact) mass is 446 g/mol. The molecule has 3 aromatic rings. The number of carbonyl (C=O) groups excluding carboxylic acids is 1. The Hall–Kier alpha value is -2.90. The number of sulfonamides is 1. The minimum atomic E-state index is -4.04. The minimum absolute atomic E-state index is 0.0550. The van der Waals surface area contributed by atoms with Gasteiger partial charge in [0.05, 0.1) is 15.6 Å². The number of nitrogens with zero attached hydrogens (tertiary/aromatic N) is 1. The molecule has 0 aliphatic heterocycles. The van der Waals surface area contributed by atoms with Gasteiger partial charge in [0.2, 0.25) is 5.91 Å². The van der Waals surface area contributed by atoms with Gasteiger partial charge in [-0.3, -0.25) is 9.10 Å². The number of halogens is 2. The molecule has 156 valence electrons. The van der Waals surface area contributed by atoms with Gasteiger partial charge in [-0.2, -0.15) is 0 Å². The van der Waals surface area contributed by atoms with Crippen LogP contribution in [0.1, 0.15) is 11.1 Å². The Morgan fingerprint density at radius 1 is 1.00 bits per heavy atom.